The summed E-state index contributed by atoms with van der Waals surface area (Å²) in [7, 11) is 0. The van der Waals surface area contributed by atoms with Crippen LogP contribution >= 0.6 is 0 Å². The molecule has 102 valence electrons. The quantitative estimate of drug-likeness (QED) is 0.657. The number of nitrogens with one attached hydrogen (secondary N) is 1. The summed E-state index contributed by atoms with van der Waals surface area (Å²) in [5.74, 6) is 0.139. The first-order valence-electron chi connectivity index (χ1n) is 6.10. The second-order valence-electron chi connectivity index (χ2n) is 5.30. The molecule has 5 heteroatoms. The van der Waals surface area contributed by atoms with E-state index in [1.807, 2.05) is 26.0 Å². The molecule has 0 unspecified atom stereocenters. The van der Waals surface area contributed by atoms with E-state index in [-0.39, 0.29) is 17.4 Å². The van der Waals surface area contributed by atoms with E-state index in [0.29, 0.717) is 12.4 Å². The normalized spacial score (nSPS) is 21.2. The first-order valence-corrected chi connectivity index (χ1v) is 6.10. The topological polar surface area (TPSA) is 64.6 Å². The molecule has 1 amide bonds. The SMILES string of the molecule is CC(=O)Oc1ccc([C@H]2NC(=O)OCC2(C)C)cc1. The highest BCUT2D eigenvalue weighted by Gasteiger charge is 2.37. The van der Waals surface area contributed by atoms with Crippen LogP contribution in [0.3, 0.4) is 0 Å². The average molecular weight is 263 g/mol. The molecule has 0 bridgehead atoms. The van der Waals surface area contributed by atoms with Crippen molar-refractivity contribution in [2.75, 3.05) is 6.61 Å². The molecule has 19 heavy (non-hydrogen) atoms. The van der Waals surface area contributed by atoms with Crippen LogP contribution in [0.5, 0.6) is 5.75 Å². The molecule has 2 rings (SSSR count). The van der Waals surface area contributed by atoms with Crippen molar-refractivity contribution in [1.82, 2.24) is 5.32 Å². The van der Waals surface area contributed by atoms with Gasteiger partial charge < -0.3 is 14.8 Å². The zero-order valence-electron chi connectivity index (χ0n) is 11.2. The van der Waals surface area contributed by atoms with Crippen molar-refractivity contribution in [3.05, 3.63) is 29.8 Å². The van der Waals surface area contributed by atoms with Crippen molar-refractivity contribution in [2.24, 2.45) is 5.41 Å². The summed E-state index contributed by atoms with van der Waals surface area (Å²) in [5, 5.41) is 2.81. The van der Waals surface area contributed by atoms with Gasteiger partial charge in [-0.05, 0) is 17.7 Å². The van der Waals surface area contributed by atoms with Crippen LogP contribution in [-0.2, 0) is 9.53 Å². The number of alkyl carbamates (subject to hydrolysis) is 1. The molecule has 0 aliphatic carbocycles. The third-order valence-corrected chi connectivity index (χ3v) is 3.09. The Balaban J connectivity index is 2.20. The lowest BCUT2D eigenvalue weighted by Crippen LogP contribution is -2.46. The lowest BCUT2D eigenvalue weighted by Gasteiger charge is -2.38. The number of hydrogen-bond acceptors (Lipinski definition) is 4. The molecular formula is C14H17NO4. The van der Waals surface area contributed by atoms with E-state index < -0.39 is 6.09 Å². The van der Waals surface area contributed by atoms with Gasteiger partial charge in [-0.15, -0.1) is 0 Å². The summed E-state index contributed by atoms with van der Waals surface area (Å²) in [4.78, 5) is 22.2. The number of cyclic esters (lactones) is 1. The number of esters is 1. The Morgan fingerprint density at radius 1 is 1.37 bits per heavy atom. The van der Waals surface area contributed by atoms with Gasteiger partial charge in [-0.2, -0.15) is 0 Å². The number of carbonyl (C=O) groups excluding carboxylic acids is 2. The first kappa shape index (κ1) is 13.4. The predicted molar refractivity (Wildman–Crippen MR) is 68.8 cm³/mol. The van der Waals surface area contributed by atoms with Crippen LogP contribution in [0.1, 0.15) is 32.4 Å². The van der Waals surface area contributed by atoms with Crippen LogP contribution in [0.15, 0.2) is 24.3 Å². The zero-order chi connectivity index (χ0) is 14.0. The fourth-order valence-electron chi connectivity index (χ4n) is 2.12. The molecule has 1 aliphatic rings. The largest absolute Gasteiger partial charge is 0.449 e. The molecule has 1 heterocycles. The Labute approximate surface area is 111 Å². The fraction of sp³-hybridized carbons (Fsp3) is 0.429. The summed E-state index contributed by atoms with van der Waals surface area (Å²) in [6.07, 6.45) is -0.409. The summed E-state index contributed by atoms with van der Waals surface area (Å²) in [6, 6.07) is 7.00. The van der Waals surface area contributed by atoms with Gasteiger partial charge in [-0.1, -0.05) is 26.0 Å². The van der Waals surface area contributed by atoms with Crippen molar-refractivity contribution >= 4 is 12.1 Å². The molecule has 1 fully saturated rings. The molecule has 0 radical (unpaired) electrons. The number of hydrogen-bond donors (Lipinski definition) is 1. The minimum absolute atomic E-state index is 0.125. The number of carbonyl (C=O) groups is 2. The highest BCUT2D eigenvalue weighted by molar-refractivity contribution is 5.70. The minimum atomic E-state index is -0.409. The standard InChI is InChI=1S/C14H17NO4/c1-9(16)19-11-6-4-10(5-7-11)12-14(2,3)8-18-13(17)15-12/h4-7,12H,8H2,1-3H3,(H,15,17)/t12-/m1/s1. The van der Waals surface area contributed by atoms with Gasteiger partial charge in [-0.3, -0.25) is 4.79 Å². The van der Waals surface area contributed by atoms with E-state index >= 15 is 0 Å². The Hall–Kier alpha value is -2.04. The van der Waals surface area contributed by atoms with Gasteiger partial charge in [0.15, 0.2) is 0 Å². The van der Waals surface area contributed by atoms with Crippen LogP contribution in [-0.4, -0.2) is 18.7 Å². The monoisotopic (exact) mass is 263 g/mol. The van der Waals surface area contributed by atoms with Gasteiger partial charge in [0, 0.05) is 12.3 Å². The van der Waals surface area contributed by atoms with Gasteiger partial charge >= 0.3 is 12.1 Å². The smallest absolute Gasteiger partial charge is 0.407 e. The van der Waals surface area contributed by atoms with E-state index in [2.05, 4.69) is 5.32 Å². The van der Waals surface area contributed by atoms with E-state index in [1.54, 1.807) is 12.1 Å². The van der Waals surface area contributed by atoms with Gasteiger partial charge in [0.05, 0.1) is 6.04 Å². The maximum absolute atomic E-state index is 11.3. The van der Waals surface area contributed by atoms with Crippen molar-refractivity contribution < 1.29 is 19.1 Å². The number of rotatable bonds is 2. The molecular weight excluding hydrogens is 246 g/mol. The van der Waals surface area contributed by atoms with Gasteiger partial charge in [0.25, 0.3) is 0 Å². The second-order valence-corrected chi connectivity index (χ2v) is 5.30. The molecule has 1 aliphatic heterocycles. The molecule has 1 saturated heterocycles. The summed E-state index contributed by atoms with van der Waals surface area (Å²) in [5.41, 5.74) is 0.759. The van der Waals surface area contributed by atoms with Gasteiger partial charge in [-0.25, -0.2) is 4.79 Å². The van der Waals surface area contributed by atoms with Gasteiger partial charge in [0.2, 0.25) is 0 Å². The molecule has 1 atom stereocenters. The van der Waals surface area contributed by atoms with Crippen LogP contribution < -0.4 is 10.1 Å². The van der Waals surface area contributed by atoms with Crippen LogP contribution in [0.2, 0.25) is 0 Å². The van der Waals surface area contributed by atoms with Crippen molar-refractivity contribution in [2.45, 2.75) is 26.8 Å². The molecule has 0 spiro atoms. The highest BCUT2D eigenvalue weighted by Crippen LogP contribution is 2.36. The molecule has 1 aromatic carbocycles. The maximum Gasteiger partial charge on any atom is 0.407 e. The number of ether oxygens (including phenoxy) is 2. The zero-order valence-corrected chi connectivity index (χ0v) is 11.2. The number of amides is 1. The second kappa shape index (κ2) is 4.91. The van der Waals surface area contributed by atoms with E-state index in [9.17, 15) is 9.59 Å². The van der Waals surface area contributed by atoms with Crippen molar-refractivity contribution in [1.29, 1.82) is 0 Å². The predicted octanol–water partition coefficient (Wildman–Crippen LogP) is 2.42. The molecule has 5 nitrogen and oxygen atoms in total. The molecule has 0 saturated carbocycles. The molecule has 1 aromatic rings. The van der Waals surface area contributed by atoms with Crippen molar-refractivity contribution in [3.8, 4) is 5.75 Å². The van der Waals surface area contributed by atoms with Crippen LogP contribution in [0.4, 0.5) is 4.79 Å². The lowest BCUT2D eigenvalue weighted by molar-refractivity contribution is -0.131. The maximum atomic E-state index is 11.3. The third-order valence-electron chi connectivity index (χ3n) is 3.09. The van der Waals surface area contributed by atoms with E-state index in [0.717, 1.165) is 5.56 Å². The van der Waals surface area contributed by atoms with E-state index in [4.69, 9.17) is 9.47 Å². The van der Waals surface area contributed by atoms with Crippen LogP contribution in [0, 0.1) is 5.41 Å². The Bertz CT molecular complexity index is 493. The third kappa shape index (κ3) is 3.05. The van der Waals surface area contributed by atoms with E-state index in [1.165, 1.54) is 6.92 Å². The van der Waals surface area contributed by atoms with Gasteiger partial charge in [0.1, 0.15) is 12.4 Å². The van der Waals surface area contributed by atoms with Crippen LogP contribution in [0.25, 0.3) is 0 Å². The highest BCUT2D eigenvalue weighted by atomic mass is 16.6. The summed E-state index contributed by atoms with van der Waals surface area (Å²) < 4.78 is 9.98. The summed E-state index contributed by atoms with van der Waals surface area (Å²) >= 11 is 0. The molecule has 1 N–H and O–H groups in total. The Kier molecular flexibility index (Phi) is 3.46. The minimum Gasteiger partial charge on any atom is -0.449 e. The lowest BCUT2D eigenvalue weighted by atomic mass is 9.80. The molecule has 0 aromatic heterocycles. The number of benzene rings is 1. The summed E-state index contributed by atoms with van der Waals surface area (Å²) in [6.45, 7) is 5.78. The fourth-order valence-corrected chi connectivity index (χ4v) is 2.12. The average Bonchev–Trinajstić information content (AvgIpc) is 2.33. The first-order chi connectivity index (χ1) is 8.88. The van der Waals surface area contributed by atoms with Crippen molar-refractivity contribution in [3.63, 3.8) is 0 Å². The Morgan fingerprint density at radius 3 is 2.58 bits per heavy atom. The Morgan fingerprint density at radius 2 is 2.00 bits per heavy atom.